The smallest absolute Gasteiger partial charge is 0.0540 e. The van der Waals surface area contributed by atoms with Gasteiger partial charge in [-0.3, -0.25) is 0 Å². The van der Waals surface area contributed by atoms with Gasteiger partial charge < -0.3 is 4.90 Å². The molecule has 270 valence electrons. The number of fused-ring (bicyclic) bond motifs is 2. The van der Waals surface area contributed by atoms with Crippen LogP contribution < -0.4 is 4.90 Å². The number of rotatable bonds is 8. The van der Waals surface area contributed by atoms with Crippen molar-refractivity contribution in [2.45, 2.75) is 12.8 Å². The van der Waals surface area contributed by atoms with E-state index in [2.05, 4.69) is 229 Å². The summed E-state index contributed by atoms with van der Waals surface area (Å²) in [6, 6.07) is 75.3. The molecular weight excluding hydrogens is 687 g/mol. The molecule has 9 aromatic carbocycles. The van der Waals surface area contributed by atoms with Gasteiger partial charge in [0.05, 0.1) is 5.69 Å². The van der Waals surface area contributed by atoms with E-state index in [0.29, 0.717) is 0 Å². The Morgan fingerprint density at radius 3 is 1.56 bits per heavy atom. The molecular formula is C56H41N. The number of anilines is 3. The van der Waals surface area contributed by atoms with Crippen LogP contribution in [0.25, 0.3) is 71.6 Å². The van der Waals surface area contributed by atoms with Crippen molar-refractivity contribution in [3.63, 3.8) is 0 Å². The van der Waals surface area contributed by atoms with Gasteiger partial charge in [0, 0.05) is 16.9 Å². The van der Waals surface area contributed by atoms with Crippen LogP contribution in [-0.2, 0) is 0 Å². The Kier molecular flexibility index (Phi) is 9.10. The minimum absolute atomic E-state index is 1.04. The van der Waals surface area contributed by atoms with Crippen molar-refractivity contribution < 1.29 is 0 Å². The zero-order valence-corrected chi connectivity index (χ0v) is 31.7. The van der Waals surface area contributed by atoms with Crippen molar-refractivity contribution in [1.29, 1.82) is 0 Å². The van der Waals surface area contributed by atoms with Crippen LogP contribution in [0.3, 0.4) is 0 Å². The molecule has 1 nitrogen and oxygen atoms in total. The van der Waals surface area contributed by atoms with E-state index in [-0.39, 0.29) is 0 Å². The molecule has 0 aromatic heterocycles. The van der Waals surface area contributed by atoms with Crippen molar-refractivity contribution in [1.82, 2.24) is 0 Å². The first-order chi connectivity index (χ1) is 28.3. The third kappa shape index (κ3) is 6.64. The second-order valence-corrected chi connectivity index (χ2v) is 14.8. The summed E-state index contributed by atoms with van der Waals surface area (Å²) in [5, 5.41) is 5.03. The number of nitrogens with zero attached hydrogens (tertiary/aromatic N) is 1. The molecule has 1 aliphatic rings. The topological polar surface area (TPSA) is 3.24 Å². The summed E-state index contributed by atoms with van der Waals surface area (Å²) in [6.45, 7) is 0. The molecule has 0 unspecified atom stereocenters. The summed E-state index contributed by atoms with van der Waals surface area (Å²) in [5.41, 5.74) is 15.7. The first-order valence-corrected chi connectivity index (χ1v) is 19.9. The van der Waals surface area contributed by atoms with Crippen LogP contribution in [0.15, 0.2) is 224 Å². The molecule has 0 atom stereocenters. The predicted molar refractivity (Wildman–Crippen MR) is 244 cm³/mol. The monoisotopic (exact) mass is 727 g/mol. The Morgan fingerprint density at radius 1 is 0.351 bits per heavy atom. The van der Waals surface area contributed by atoms with Crippen LogP contribution in [-0.4, -0.2) is 0 Å². The number of para-hydroxylation sites is 1. The third-order valence-electron chi connectivity index (χ3n) is 11.4. The second kappa shape index (κ2) is 15.1. The highest BCUT2D eigenvalue weighted by Gasteiger charge is 2.20. The highest BCUT2D eigenvalue weighted by atomic mass is 15.1. The molecule has 0 radical (unpaired) electrons. The summed E-state index contributed by atoms with van der Waals surface area (Å²) in [6.07, 6.45) is 8.84. The Hall–Kier alpha value is -7.22. The van der Waals surface area contributed by atoms with Gasteiger partial charge in [0.15, 0.2) is 0 Å². The maximum absolute atomic E-state index is 2.43. The van der Waals surface area contributed by atoms with Gasteiger partial charge in [0.1, 0.15) is 0 Å². The molecule has 0 N–H and O–H groups in total. The van der Waals surface area contributed by atoms with Gasteiger partial charge in [-0.15, -0.1) is 0 Å². The third-order valence-corrected chi connectivity index (χ3v) is 11.4. The quantitative estimate of drug-likeness (QED) is 0.151. The van der Waals surface area contributed by atoms with Crippen LogP contribution >= 0.6 is 0 Å². The molecule has 0 saturated heterocycles. The Morgan fingerprint density at radius 2 is 0.877 bits per heavy atom. The highest BCUT2D eigenvalue weighted by molar-refractivity contribution is 5.99. The number of benzene rings is 9. The summed E-state index contributed by atoms with van der Waals surface area (Å²) in [7, 11) is 0. The van der Waals surface area contributed by atoms with E-state index >= 15 is 0 Å². The molecule has 0 bridgehead atoms. The summed E-state index contributed by atoms with van der Waals surface area (Å²) in [5.74, 6) is 0. The van der Waals surface area contributed by atoms with E-state index in [1.807, 2.05) is 0 Å². The van der Waals surface area contributed by atoms with Crippen LogP contribution in [0.2, 0.25) is 0 Å². The predicted octanol–water partition coefficient (Wildman–Crippen LogP) is 15.9. The van der Waals surface area contributed by atoms with Crippen LogP contribution in [0.1, 0.15) is 18.4 Å². The Labute approximate surface area is 335 Å². The Bertz CT molecular complexity index is 2940. The molecule has 0 fully saturated rings. The Balaban J connectivity index is 1.08. The molecule has 0 heterocycles. The molecule has 1 aliphatic carbocycles. The van der Waals surface area contributed by atoms with E-state index in [9.17, 15) is 0 Å². The maximum Gasteiger partial charge on any atom is 0.0540 e. The number of hydrogen-bond donors (Lipinski definition) is 0. The number of hydrogen-bond acceptors (Lipinski definition) is 1. The lowest BCUT2D eigenvalue weighted by Gasteiger charge is -2.29. The van der Waals surface area contributed by atoms with Crippen LogP contribution in [0.4, 0.5) is 17.1 Å². The molecule has 0 saturated carbocycles. The van der Waals surface area contributed by atoms with E-state index in [4.69, 9.17) is 0 Å². The lowest BCUT2D eigenvalue weighted by Crippen LogP contribution is -2.11. The van der Waals surface area contributed by atoms with Crippen molar-refractivity contribution in [2.24, 2.45) is 0 Å². The van der Waals surface area contributed by atoms with Gasteiger partial charge in [0.2, 0.25) is 0 Å². The number of allylic oxidation sites excluding steroid dienone is 4. The van der Waals surface area contributed by atoms with Gasteiger partial charge in [-0.25, -0.2) is 0 Å². The minimum Gasteiger partial charge on any atom is -0.310 e. The molecule has 57 heavy (non-hydrogen) atoms. The largest absolute Gasteiger partial charge is 0.310 e. The SMILES string of the molecule is C1=CCCC(c2ccccc2-c2ccccc2N(c2ccc(-c3ccc(-c4cccc5ccccc45)cc3)cc2)c2cccc(-c3cccc4ccccc34)c2)=C1. The zero-order chi connectivity index (χ0) is 38.0. The van der Waals surface area contributed by atoms with Crippen molar-refractivity contribution in [3.05, 3.63) is 230 Å². The first-order valence-electron chi connectivity index (χ1n) is 19.9. The van der Waals surface area contributed by atoms with Gasteiger partial charge in [-0.2, -0.15) is 0 Å². The fraction of sp³-hybridized carbons (Fsp3) is 0.0357. The molecule has 1 heteroatoms. The lowest BCUT2D eigenvalue weighted by molar-refractivity contribution is 1.05. The van der Waals surface area contributed by atoms with Gasteiger partial charge in [-0.05, 0) is 115 Å². The fourth-order valence-corrected chi connectivity index (χ4v) is 8.56. The van der Waals surface area contributed by atoms with Crippen LogP contribution in [0, 0.1) is 0 Å². The van der Waals surface area contributed by atoms with Crippen molar-refractivity contribution in [2.75, 3.05) is 4.90 Å². The van der Waals surface area contributed by atoms with Gasteiger partial charge >= 0.3 is 0 Å². The highest BCUT2D eigenvalue weighted by Crippen LogP contribution is 2.45. The van der Waals surface area contributed by atoms with E-state index in [1.54, 1.807) is 0 Å². The standard InChI is InChI=1S/C56H41N/c1-2-15-42(16-3-1)52-25-8-9-26-54(52)55-27-10-11-30-56(55)57(48-22-12-21-46(39-48)53-29-14-20-44-18-5-7-24-50(44)53)47-37-35-41(36-38-47)40-31-33-45(34-32-40)51-28-13-19-43-17-4-6-23-49(43)51/h1-2,4-15,17-39H,3,16H2. The van der Waals surface area contributed by atoms with Crippen molar-refractivity contribution >= 4 is 44.2 Å². The van der Waals surface area contributed by atoms with E-state index < -0.39 is 0 Å². The van der Waals surface area contributed by atoms with Gasteiger partial charge in [-0.1, -0.05) is 194 Å². The van der Waals surface area contributed by atoms with Crippen LogP contribution in [0.5, 0.6) is 0 Å². The van der Waals surface area contributed by atoms with Crippen molar-refractivity contribution in [3.8, 4) is 44.5 Å². The molecule has 10 rings (SSSR count). The summed E-state index contributed by atoms with van der Waals surface area (Å²) >= 11 is 0. The normalized spacial score (nSPS) is 12.5. The molecule has 0 amide bonds. The molecule has 0 spiro atoms. The molecule has 0 aliphatic heterocycles. The summed E-state index contributed by atoms with van der Waals surface area (Å²) in [4.78, 5) is 2.43. The average molecular weight is 728 g/mol. The first kappa shape index (κ1) is 34.3. The fourth-order valence-electron chi connectivity index (χ4n) is 8.56. The summed E-state index contributed by atoms with van der Waals surface area (Å²) < 4.78 is 0. The second-order valence-electron chi connectivity index (χ2n) is 14.8. The average Bonchev–Trinajstić information content (AvgIpc) is 3.30. The van der Waals surface area contributed by atoms with Gasteiger partial charge in [0.25, 0.3) is 0 Å². The minimum atomic E-state index is 1.04. The zero-order valence-electron chi connectivity index (χ0n) is 31.7. The van der Waals surface area contributed by atoms with E-state index in [0.717, 1.165) is 29.9 Å². The maximum atomic E-state index is 2.43. The van der Waals surface area contributed by atoms with E-state index in [1.165, 1.54) is 77.2 Å². The lowest BCUT2D eigenvalue weighted by atomic mass is 9.89. The molecule has 9 aromatic rings.